The van der Waals surface area contributed by atoms with E-state index in [2.05, 4.69) is 9.71 Å². The summed E-state index contributed by atoms with van der Waals surface area (Å²) in [5.74, 6) is 0. The molecule has 0 spiro atoms. The van der Waals surface area contributed by atoms with Crippen molar-refractivity contribution in [3.05, 3.63) is 28.8 Å². The number of aliphatic imine (C=N–C) groups is 1. The van der Waals surface area contributed by atoms with Crippen LogP contribution in [0.25, 0.3) is 0 Å². The second kappa shape index (κ2) is 9.20. The summed E-state index contributed by atoms with van der Waals surface area (Å²) in [5.41, 5.74) is 1.87. The van der Waals surface area contributed by atoms with Crippen LogP contribution in [0.15, 0.2) is 23.2 Å². The minimum atomic E-state index is -3.24. The predicted octanol–water partition coefficient (Wildman–Crippen LogP) is 4.10. The maximum Gasteiger partial charge on any atom is 0.221 e. The third-order valence-corrected chi connectivity index (χ3v) is 6.91. The maximum atomic E-state index is 12.0. The number of rotatable bonds is 7. The van der Waals surface area contributed by atoms with E-state index in [9.17, 15) is 8.42 Å². The average Bonchev–Trinajstić information content (AvgIpc) is 2.52. The SMILES string of the molecule is Cc1cc(Cl)ccc1N=CCNSN(C1CCCCC1)S(C)(=O)=O. The molecule has 1 N–H and O–H groups in total. The first-order valence-electron chi connectivity index (χ1n) is 8.06. The molecule has 1 aliphatic rings. The zero-order valence-corrected chi connectivity index (χ0v) is 16.4. The van der Waals surface area contributed by atoms with Crippen molar-refractivity contribution in [2.45, 2.75) is 45.1 Å². The molecule has 8 heteroatoms. The van der Waals surface area contributed by atoms with Crippen LogP contribution in [0.1, 0.15) is 37.7 Å². The van der Waals surface area contributed by atoms with E-state index in [1.54, 1.807) is 12.3 Å². The van der Waals surface area contributed by atoms with Gasteiger partial charge in [0.25, 0.3) is 0 Å². The lowest BCUT2D eigenvalue weighted by molar-refractivity contribution is 0.346. The molecule has 2 rings (SSSR count). The molecular formula is C16H24ClN3O2S2. The number of sulfonamides is 1. The topological polar surface area (TPSA) is 61.8 Å². The van der Waals surface area contributed by atoms with Gasteiger partial charge in [-0.25, -0.2) is 13.1 Å². The first kappa shape index (κ1) is 19.7. The lowest BCUT2D eigenvalue weighted by atomic mass is 9.96. The van der Waals surface area contributed by atoms with E-state index in [0.717, 1.165) is 49.1 Å². The van der Waals surface area contributed by atoms with Crippen LogP contribution >= 0.6 is 23.7 Å². The normalized spacial score (nSPS) is 17.0. The molecule has 0 heterocycles. The summed E-state index contributed by atoms with van der Waals surface area (Å²) in [5, 5.41) is 0.691. The number of hydrogen-bond acceptors (Lipinski definition) is 5. The molecule has 1 saturated carbocycles. The number of halogens is 1. The van der Waals surface area contributed by atoms with Crippen LogP contribution < -0.4 is 4.72 Å². The Balaban J connectivity index is 1.87. The third kappa shape index (κ3) is 6.04. The molecule has 0 atom stereocenters. The summed E-state index contributed by atoms with van der Waals surface area (Å²) in [6.45, 7) is 2.43. The zero-order chi connectivity index (χ0) is 17.6. The molecule has 0 radical (unpaired) electrons. The molecular weight excluding hydrogens is 366 g/mol. The minimum absolute atomic E-state index is 0.0849. The van der Waals surface area contributed by atoms with E-state index in [-0.39, 0.29) is 6.04 Å². The number of aryl methyl sites for hydroxylation is 1. The number of nitrogens with one attached hydrogen (secondary N) is 1. The first-order chi connectivity index (χ1) is 11.4. The summed E-state index contributed by atoms with van der Waals surface area (Å²) in [7, 11) is -3.24. The molecule has 1 aromatic rings. The van der Waals surface area contributed by atoms with E-state index >= 15 is 0 Å². The molecule has 0 aromatic heterocycles. The van der Waals surface area contributed by atoms with E-state index in [1.165, 1.54) is 16.4 Å². The molecule has 1 aromatic carbocycles. The van der Waals surface area contributed by atoms with Gasteiger partial charge in [-0.15, -0.1) is 3.71 Å². The average molecular weight is 390 g/mol. The Morgan fingerprint density at radius 3 is 2.71 bits per heavy atom. The first-order valence-corrected chi connectivity index (χ1v) is 11.1. The monoisotopic (exact) mass is 389 g/mol. The van der Waals surface area contributed by atoms with Crippen molar-refractivity contribution in [3.8, 4) is 0 Å². The van der Waals surface area contributed by atoms with Crippen LogP contribution in [-0.4, -0.2) is 37.2 Å². The van der Waals surface area contributed by atoms with Crippen LogP contribution in [0, 0.1) is 6.92 Å². The van der Waals surface area contributed by atoms with Crippen LogP contribution in [0.4, 0.5) is 5.69 Å². The van der Waals surface area contributed by atoms with Gasteiger partial charge in [0, 0.05) is 36.0 Å². The van der Waals surface area contributed by atoms with Crippen molar-refractivity contribution in [2.75, 3.05) is 12.8 Å². The van der Waals surface area contributed by atoms with Gasteiger partial charge in [0.15, 0.2) is 0 Å². The van der Waals surface area contributed by atoms with Gasteiger partial charge in [0.1, 0.15) is 0 Å². The summed E-state index contributed by atoms with van der Waals surface area (Å²) < 4.78 is 28.6. The number of benzene rings is 1. The Morgan fingerprint density at radius 2 is 2.08 bits per heavy atom. The van der Waals surface area contributed by atoms with Crippen molar-refractivity contribution in [1.82, 2.24) is 8.43 Å². The van der Waals surface area contributed by atoms with Crippen molar-refractivity contribution in [3.63, 3.8) is 0 Å². The zero-order valence-electron chi connectivity index (χ0n) is 14.0. The molecule has 5 nitrogen and oxygen atoms in total. The highest BCUT2D eigenvalue weighted by molar-refractivity contribution is 8.07. The van der Waals surface area contributed by atoms with E-state index in [4.69, 9.17) is 11.6 Å². The second-order valence-electron chi connectivity index (χ2n) is 5.99. The van der Waals surface area contributed by atoms with Crippen molar-refractivity contribution < 1.29 is 8.42 Å². The van der Waals surface area contributed by atoms with Gasteiger partial charge in [-0.1, -0.05) is 30.9 Å². The van der Waals surface area contributed by atoms with Gasteiger partial charge < -0.3 is 0 Å². The quantitative estimate of drug-likeness (QED) is 0.433. The van der Waals surface area contributed by atoms with E-state index in [0.29, 0.717) is 11.6 Å². The Kier molecular flexibility index (Phi) is 7.56. The molecule has 0 saturated heterocycles. The Morgan fingerprint density at radius 1 is 1.38 bits per heavy atom. The van der Waals surface area contributed by atoms with Crippen LogP contribution in [0.3, 0.4) is 0 Å². The summed E-state index contributed by atoms with van der Waals surface area (Å²) in [6.07, 6.45) is 8.24. The molecule has 0 unspecified atom stereocenters. The largest absolute Gasteiger partial charge is 0.260 e. The molecule has 0 bridgehead atoms. The highest BCUT2D eigenvalue weighted by atomic mass is 35.5. The smallest absolute Gasteiger partial charge is 0.221 e. The lowest BCUT2D eigenvalue weighted by Crippen LogP contribution is -2.38. The van der Waals surface area contributed by atoms with Gasteiger partial charge in [-0.2, -0.15) is 0 Å². The van der Waals surface area contributed by atoms with Gasteiger partial charge >= 0.3 is 0 Å². The number of nitrogens with zero attached hydrogens (tertiary/aromatic N) is 2. The van der Waals surface area contributed by atoms with E-state index in [1.807, 2.05) is 19.1 Å². The predicted molar refractivity (Wildman–Crippen MR) is 103 cm³/mol. The van der Waals surface area contributed by atoms with Gasteiger partial charge in [-0.3, -0.25) is 4.99 Å². The summed E-state index contributed by atoms with van der Waals surface area (Å²) >= 11 is 7.08. The maximum absolute atomic E-state index is 12.0. The Labute approximate surface area is 154 Å². The van der Waals surface area contributed by atoms with Gasteiger partial charge in [-0.05, 0) is 43.5 Å². The fraction of sp³-hybridized carbons (Fsp3) is 0.562. The second-order valence-corrected chi connectivity index (χ2v) is 9.38. The van der Waals surface area contributed by atoms with Crippen LogP contribution in [0.2, 0.25) is 5.02 Å². The fourth-order valence-electron chi connectivity index (χ4n) is 2.75. The van der Waals surface area contributed by atoms with Crippen LogP contribution in [-0.2, 0) is 10.0 Å². The Bertz CT molecular complexity index is 674. The fourth-order valence-corrected chi connectivity index (χ4v) is 5.07. The van der Waals surface area contributed by atoms with Gasteiger partial charge in [0.05, 0.1) is 11.9 Å². The van der Waals surface area contributed by atoms with Crippen LogP contribution in [0.5, 0.6) is 0 Å². The summed E-state index contributed by atoms with van der Waals surface area (Å²) in [6, 6.07) is 5.62. The molecule has 1 fully saturated rings. The summed E-state index contributed by atoms with van der Waals surface area (Å²) in [4.78, 5) is 4.39. The molecule has 134 valence electrons. The molecule has 0 aliphatic heterocycles. The third-order valence-electron chi connectivity index (χ3n) is 3.92. The van der Waals surface area contributed by atoms with Crippen molar-refractivity contribution >= 4 is 45.7 Å². The highest BCUT2D eigenvalue weighted by Gasteiger charge is 2.28. The number of hydrogen-bond donors (Lipinski definition) is 1. The standard InChI is InChI=1S/C16H24ClN3O2S2/c1-13-12-14(17)8-9-16(13)18-10-11-19-23-20(24(2,21)22)15-6-4-3-5-7-15/h8-10,12,15,19H,3-7,11H2,1-2H3. The Hall–Kier alpha value is -0.600. The highest BCUT2D eigenvalue weighted by Crippen LogP contribution is 2.28. The van der Waals surface area contributed by atoms with Crippen molar-refractivity contribution in [2.24, 2.45) is 4.99 Å². The van der Waals surface area contributed by atoms with Gasteiger partial charge in [0.2, 0.25) is 10.0 Å². The molecule has 0 amide bonds. The molecule has 1 aliphatic carbocycles. The molecule has 24 heavy (non-hydrogen) atoms. The van der Waals surface area contributed by atoms with E-state index < -0.39 is 10.0 Å². The van der Waals surface area contributed by atoms with Crippen molar-refractivity contribution in [1.29, 1.82) is 0 Å². The lowest BCUT2D eigenvalue weighted by Gasteiger charge is -2.30. The minimum Gasteiger partial charge on any atom is -0.260 e.